The predicted molar refractivity (Wildman–Crippen MR) is 64.0 cm³/mol. The molecule has 88 valence electrons. The van der Waals surface area contributed by atoms with E-state index in [1.807, 2.05) is 0 Å². The second kappa shape index (κ2) is 6.26. The molecule has 2 nitrogen and oxygen atoms in total. The SMILES string of the molecule is CCCCCC(C)N1CCC(=O)CC1C. The van der Waals surface area contributed by atoms with Gasteiger partial charge < -0.3 is 0 Å². The maximum atomic E-state index is 11.3. The summed E-state index contributed by atoms with van der Waals surface area (Å²) in [6.45, 7) is 7.72. The van der Waals surface area contributed by atoms with E-state index in [-0.39, 0.29) is 0 Å². The van der Waals surface area contributed by atoms with Crippen molar-refractivity contribution in [3.05, 3.63) is 0 Å². The van der Waals surface area contributed by atoms with Crippen molar-refractivity contribution >= 4 is 5.78 Å². The number of hydrogen-bond donors (Lipinski definition) is 0. The van der Waals surface area contributed by atoms with E-state index in [0.717, 1.165) is 19.4 Å². The minimum Gasteiger partial charge on any atom is -0.300 e. The minimum absolute atomic E-state index is 0.444. The third-order valence-electron chi connectivity index (χ3n) is 3.53. The molecule has 0 aromatic heterocycles. The summed E-state index contributed by atoms with van der Waals surface area (Å²) in [7, 11) is 0. The van der Waals surface area contributed by atoms with Crippen LogP contribution in [0.25, 0.3) is 0 Å². The molecule has 0 aliphatic carbocycles. The zero-order chi connectivity index (χ0) is 11.3. The number of piperidine rings is 1. The zero-order valence-corrected chi connectivity index (χ0v) is 10.5. The Bertz CT molecular complexity index is 203. The second-order valence-electron chi connectivity index (χ2n) is 4.92. The summed E-state index contributed by atoms with van der Waals surface area (Å²) < 4.78 is 0. The molecule has 0 radical (unpaired) electrons. The van der Waals surface area contributed by atoms with E-state index in [1.165, 1.54) is 25.7 Å². The van der Waals surface area contributed by atoms with Crippen LogP contribution in [0, 0.1) is 0 Å². The molecule has 1 aliphatic rings. The van der Waals surface area contributed by atoms with Crippen molar-refractivity contribution in [1.29, 1.82) is 0 Å². The first-order chi connectivity index (χ1) is 7.15. The van der Waals surface area contributed by atoms with Crippen LogP contribution >= 0.6 is 0 Å². The van der Waals surface area contributed by atoms with Gasteiger partial charge in [-0.2, -0.15) is 0 Å². The predicted octanol–water partition coefficient (Wildman–Crippen LogP) is 3.01. The molecular weight excluding hydrogens is 186 g/mol. The van der Waals surface area contributed by atoms with Crippen molar-refractivity contribution in [1.82, 2.24) is 4.90 Å². The molecule has 1 heterocycles. The van der Waals surface area contributed by atoms with Crippen LogP contribution in [-0.2, 0) is 4.79 Å². The average molecular weight is 211 g/mol. The summed E-state index contributed by atoms with van der Waals surface area (Å²) in [5, 5.41) is 0. The standard InChI is InChI=1S/C13H25NO/c1-4-5-6-7-11(2)14-9-8-13(15)10-12(14)3/h11-12H,4-10H2,1-3H3. The molecule has 2 atom stereocenters. The summed E-state index contributed by atoms with van der Waals surface area (Å²) in [6, 6.07) is 1.11. The molecule has 1 aliphatic heterocycles. The van der Waals surface area contributed by atoms with Gasteiger partial charge in [-0.3, -0.25) is 9.69 Å². The molecule has 0 aromatic carbocycles. The lowest BCUT2D eigenvalue weighted by molar-refractivity contribution is -0.123. The van der Waals surface area contributed by atoms with Crippen LogP contribution in [0.1, 0.15) is 59.3 Å². The van der Waals surface area contributed by atoms with Gasteiger partial charge in [0.2, 0.25) is 0 Å². The number of likely N-dealkylation sites (tertiary alicyclic amines) is 1. The van der Waals surface area contributed by atoms with E-state index in [4.69, 9.17) is 0 Å². The monoisotopic (exact) mass is 211 g/mol. The van der Waals surface area contributed by atoms with Crippen LogP contribution < -0.4 is 0 Å². The first-order valence-electron chi connectivity index (χ1n) is 6.42. The number of unbranched alkanes of at least 4 members (excludes halogenated alkanes) is 2. The van der Waals surface area contributed by atoms with Crippen LogP contribution in [0.15, 0.2) is 0 Å². The Morgan fingerprint density at radius 2 is 2.20 bits per heavy atom. The summed E-state index contributed by atoms with van der Waals surface area (Å²) in [4.78, 5) is 13.8. The van der Waals surface area contributed by atoms with Crippen LogP contribution in [0.5, 0.6) is 0 Å². The molecular formula is C13H25NO. The molecule has 0 aromatic rings. The van der Waals surface area contributed by atoms with Gasteiger partial charge in [-0.25, -0.2) is 0 Å². The summed E-state index contributed by atoms with van der Waals surface area (Å²) >= 11 is 0. The lowest BCUT2D eigenvalue weighted by atomic mass is 9.98. The first-order valence-corrected chi connectivity index (χ1v) is 6.42. The Labute approximate surface area is 94.0 Å². The Hall–Kier alpha value is -0.370. The smallest absolute Gasteiger partial charge is 0.135 e. The van der Waals surface area contributed by atoms with Gasteiger partial charge in [-0.15, -0.1) is 0 Å². The van der Waals surface area contributed by atoms with Gasteiger partial charge in [0.1, 0.15) is 5.78 Å². The van der Waals surface area contributed by atoms with Gasteiger partial charge in [-0.05, 0) is 20.3 Å². The van der Waals surface area contributed by atoms with Crippen molar-refractivity contribution in [2.75, 3.05) is 6.54 Å². The highest BCUT2D eigenvalue weighted by Crippen LogP contribution is 2.19. The molecule has 1 rings (SSSR count). The molecule has 0 saturated carbocycles. The molecule has 0 bridgehead atoms. The molecule has 0 amide bonds. The van der Waals surface area contributed by atoms with Crippen LogP contribution in [0.2, 0.25) is 0 Å². The summed E-state index contributed by atoms with van der Waals surface area (Å²) in [5.74, 6) is 0.444. The molecule has 2 heteroatoms. The largest absolute Gasteiger partial charge is 0.300 e. The third-order valence-corrected chi connectivity index (χ3v) is 3.53. The number of Topliss-reactive ketones (excluding diaryl/α,β-unsaturated/α-hetero) is 1. The van der Waals surface area contributed by atoms with Crippen molar-refractivity contribution < 1.29 is 4.79 Å². The van der Waals surface area contributed by atoms with Crippen molar-refractivity contribution in [3.63, 3.8) is 0 Å². The topological polar surface area (TPSA) is 20.3 Å². The van der Waals surface area contributed by atoms with E-state index in [0.29, 0.717) is 17.9 Å². The number of rotatable bonds is 5. The Balaban J connectivity index is 2.31. The third kappa shape index (κ3) is 3.94. The average Bonchev–Trinajstić information content (AvgIpc) is 2.17. The van der Waals surface area contributed by atoms with Crippen molar-refractivity contribution in [2.24, 2.45) is 0 Å². The summed E-state index contributed by atoms with van der Waals surface area (Å²) in [5.41, 5.74) is 0. The first kappa shape index (κ1) is 12.7. The molecule has 1 fully saturated rings. The van der Waals surface area contributed by atoms with Gasteiger partial charge in [0.05, 0.1) is 0 Å². The van der Waals surface area contributed by atoms with Crippen molar-refractivity contribution in [2.45, 2.75) is 71.4 Å². The Morgan fingerprint density at radius 3 is 2.80 bits per heavy atom. The molecule has 2 unspecified atom stereocenters. The summed E-state index contributed by atoms with van der Waals surface area (Å²) in [6.07, 6.45) is 6.77. The van der Waals surface area contributed by atoms with E-state index in [1.54, 1.807) is 0 Å². The van der Waals surface area contributed by atoms with Gasteiger partial charge >= 0.3 is 0 Å². The highest BCUT2D eigenvalue weighted by Gasteiger charge is 2.26. The minimum atomic E-state index is 0.444. The maximum absolute atomic E-state index is 11.3. The van der Waals surface area contributed by atoms with Crippen LogP contribution in [-0.4, -0.2) is 29.3 Å². The molecule has 0 spiro atoms. The van der Waals surface area contributed by atoms with E-state index in [9.17, 15) is 4.79 Å². The fourth-order valence-corrected chi connectivity index (χ4v) is 2.53. The zero-order valence-electron chi connectivity index (χ0n) is 10.5. The quantitative estimate of drug-likeness (QED) is 0.652. The van der Waals surface area contributed by atoms with Gasteiger partial charge in [0, 0.05) is 31.5 Å². The highest BCUT2D eigenvalue weighted by molar-refractivity contribution is 5.79. The molecule has 15 heavy (non-hydrogen) atoms. The highest BCUT2D eigenvalue weighted by atomic mass is 16.1. The van der Waals surface area contributed by atoms with Crippen LogP contribution in [0.4, 0.5) is 0 Å². The van der Waals surface area contributed by atoms with Gasteiger partial charge in [0.15, 0.2) is 0 Å². The maximum Gasteiger partial charge on any atom is 0.135 e. The van der Waals surface area contributed by atoms with Crippen LogP contribution in [0.3, 0.4) is 0 Å². The number of carbonyl (C=O) groups is 1. The second-order valence-corrected chi connectivity index (χ2v) is 4.92. The normalized spacial score (nSPS) is 25.5. The van der Waals surface area contributed by atoms with E-state index >= 15 is 0 Å². The molecule has 1 saturated heterocycles. The van der Waals surface area contributed by atoms with Gasteiger partial charge in [-0.1, -0.05) is 26.2 Å². The fourth-order valence-electron chi connectivity index (χ4n) is 2.53. The van der Waals surface area contributed by atoms with Crippen molar-refractivity contribution in [3.8, 4) is 0 Å². The lowest BCUT2D eigenvalue weighted by Gasteiger charge is -2.37. The number of nitrogens with zero attached hydrogens (tertiary/aromatic N) is 1. The Morgan fingerprint density at radius 1 is 1.47 bits per heavy atom. The lowest BCUT2D eigenvalue weighted by Crippen LogP contribution is -2.46. The van der Waals surface area contributed by atoms with Gasteiger partial charge in [0.25, 0.3) is 0 Å². The van der Waals surface area contributed by atoms with E-state index < -0.39 is 0 Å². The number of carbonyl (C=O) groups excluding carboxylic acids is 1. The van der Waals surface area contributed by atoms with E-state index in [2.05, 4.69) is 25.7 Å². The number of ketones is 1. The molecule has 0 N–H and O–H groups in total. The number of hydrogen-bond acceptors (Lipinski definition) is 2. The Kier molecular flexibility index (Phi) is 5.30. The fraction of sp³-hybridized carbons (Fsp3) is 0.923.